The van der Waals surface area contributed by atoms with E-state index in [1.54, 1.807) is 0 Å². The van der Waals surface area contributed by atoms with Crippen LogP contribution in [0.5, 0.6) is 0 Å². The number of carbonyl (C=O) groups excluding carboxylic acids is 2. The molecule has 0 radical (unpaired) electrons. The fourth-order valence-electron chi connectivity index (χ4n) is 6.93. The number of aliphatic hydroxyl groups excluding tert-OH is 11. The maximum atomic E-state index is 12.8. The first-order chi connectivity index (χ1) is 25.7. The Labute approximate surface area is 313 Å². The molecule has 4 saturated heterocycles. The third-order valence-electron chi connectivity index (χ3n) is 9.90. The molecule has 0 aromatic carbocycles. The summed E-state index contributed by atoms with van der Waals surface area (Å²) in [5.74, 6) is -6.49. The summed E-state index contributed by atoms with van der Waals surface area (Å²) in [6.07, 6.45) is -33.5. The van der Waals surface area contributed by atoms with Gasteiger partial charge >= 0.3 is 5.97 Å². The predicted molar refractivity (Wildman–Crippen MR) is 171 cm³/mol. The Balaban J connectivity index is 1.68. The van der Waals surface area contributed by atoms with Crippen molar-refractivity contribution in [2.24, 2.45) is 0 Å². The van der Waals surface area contributed by atoms with Gasteiger partial charge in [0.25, 0.3) is 5.79 Å². The Kier molecular flexibility index (Phi) is 15.3. The maximum Gasteiger partial charge on any atom is 0.364 e. The molecule has 4 rings (SSSR count). The molecule has 0 saturated carbocycles. The average molecular weight is 805 g/mol. The number of carboxylic acid groups (broad SMARTS) is 1. The van der Waals surface area contributed by atoms with Crippen molar-refractivity contribution in [2.45, 2.75) is 162 Å². The molecule has 0 aliphatic carbocycles. The number of carbonyl (C=O) groups is 3. The third kappa shape index (κ3) is 9.70. The number of aliphatic carboxylic acids is 1. The zero-order chi connectivity index (χ0) is 41.3. The molecular weight excluding hydrogens is 752 g/mol. The highest BCUT2D eigenvalue weighted by Crippen LogP contribution is 2.39. The third-order valence-corrected chi connectivity index (χ3v) is 9.90. The Morgan fingerprint density at radius 1 is 0.745 bits per heavy atom. The zero-order valence-corrected chi connectivity index (χ0v) is 30.1. The number of aliphatic hydroxyl groups is 11. The molecule has 4 aliphatic rings. The maximum absolute atomic E-state index is 12.8. The van der Waals surface area contributed by atoms with Crippen LogP contribution < -0.4 is 10.6 Å². The van der Waals surface area contributed by atoms with Crippen LogP contribution in [0.4, 0.5) is 0 Å². The normalized spacial score (nSPS) is 46.3. The summed E-state index contributed by atoms with van der Waals surface area (Å²) in [5, 5.41) is 131. The molecule has 24 heteroatoms. The lowest BCUT2D eigenvalue weighted by molar-refractivity contribution is -0.387. The fraction of sp³-hybridized carbons (Fsp3) is 0.903. The largest absolute Gasteiger partial charge is 0.477 e. The van der Waals surface area contributed by atoms with E-state index in [0.29, 0.717) is 0 Å². The lowest BCUT2D eigenvalue weighted by Crippen LogP contribution is -2.71. The average Bonchev–Trinajstić information content (AvgIpc) is 3.12. The summed E-state index contributed by atoms with van der Waals surface area (Å²) in [6, 6.07) is -3.13. The number of carboxylic acids is 1. The first-order valence-electron chi connectivity index (χ1n) is 17.4. The minimum absolute atomic E-state index is 0.736. The van der Waals surface area contributed by atoms with Crippen LogP contribution in [-0.2, 0) is 47.5 Å². The van der Waals surface area contributed by atoms with Crippen LogP contribution in [0.15, 0.2) is 0 Å². The van der Waals surface area contributed by atoms with Gasteiger partial charge in [-0.05, 0) is 13.8 Å². The molecule has 0 aromatic heterocycles. The molecule has 4 heterocycles. The summed E-state index contributed by atoms with van der Waals surface area (Å²) in [6.45, 7) is 2.73. The monoisotopic (exact) mass is 804 g/mol. The van der Waals surface area contributed by atoms with Crippen LogP contribution in [0, 0.1) is 0 Å². The van der Waals surface area contributed by atoms with E-state index < -0.39 is 166 Å². The van der Waals surface area contributed by atoms with Gasteiger partial charge in [-0.25, -0.2) is 4.79 Å². The van der Waals surface area contributed by atoms with Crippen molar-refractivity contribution in [3.05, 3.63) is 0 Å². The number of ether oxygens (including phenoxy) is 7. The van der Waals surface area contributed by atoms with E-state index in [1.165, 1.54) is 13.8 Å². The molecule has 2 amide bonds. The number of amides is 2. The molecule has 21 atom stereocenters. The molecule has 55 heavy (non-hydrogen) atoms. The Hall–Kier alpha value is -2.31. The minimum Gasteiger partial charge on any atom is -0.477 e. The summed E-state index contributed by atoms with van der Waals surface area (Å²) in [5.41, 5.74) is 0. The van der Waals surface area contributed by atoms with E-state index in [2.05, 4.69) is 10.6 Å². The predicted octanol–water partition coefficient (Wildman–Crippen LogP) is -8.20. The van der Waals surface area contributed by atoms with Crippen molar-refractivity contribution in [3.63, 3.8) is 0 Å². The minimum atomic E-state index is -3.03. The molecular formula is C31H52N2O22. The van der Waals surface area contributed by atoms with E-state index in [9.17, 15) is 75.7 Å². The molecule has 0 unspecified atom stereocenters. The van der Waals surface area contributed by atoms with E-state index >= 15 is 0 Å². The van der Waals surface area contributed by atoms with Crippen LogP contribution in [0.3, 0.4) is 0 Å². The molecule has 24 nitrogen and oxygen atoms in total. The lowest BCUT2D eigenvalue weighted by atomic mass is 9.88. The van der Waals surface area contributed by atoms with Gasteiger partial charge in [0.15, 0.2) is 18.9 Å². The number of rotatable bonds is 13. The van der Waals surface area contributed by atoms with Crippen LogP contribution in [0.25, 0.3) is 0 Å². The zero-order valence-electron chi connectivity index (χ0n) is 30.1. The van der Waals surface area contributed by atoms with Crippen molar-refractivity contribution < 1.29 is 109 Å². The molecule has 14 N–H and O–H groups in total. The van der Waals surface area contributed by atoms with Gasteiger partial charge in [-0.1, -0.05) is 0 Å². The second-order valence-electron chi connectivity index (χ2n) is 14.0. The number of hydrogen-bond acceptors (Lipinski definition) is 21. The first kappa shape index (κ1) is 45.4. The molecule has 0 spiro atoms. The Morgan fingerprint density at radius 2 is 1.29 bits per heavy atom. The Morgan fingerprint density at radius 3 is 1.84 bits per heavy atom. The highest BCUT2D eigenvalue weighted by molar-refractivity contribution is 5.76. The van der Waals surface area contributed by atoms with Gasteiger partial charge in [-0.2, -0.15) is 0 Å². The van der Waals surface area contributed by atoms with Crippen molar-refractivity contribution in [1.82, 2.24) is 10.6 Å². The Bertz CT molecular complexity index is 1320. The highest BCUT2D eigenvalue weighted by Gasteiger charge is 2.60. The second-order valence-corrected chi connectivity index (χ2v) is 14.0. The SMILES string of the molecule is CC(=O)N[C@@H]1[C@@H](O[C@@H]2O[C@@H](C)[C@@H](O)[C@@H](O)[C@@H]2O)[C@H](O[C@H]2O[C@H](C)[C@H](O)[C@H](O[C@]3(C(=O)O)C[C@H](O)[C@@H](NC(C)=O)[C@H]([C@H](O)[C@H](O)CO)O3)[C@H]2O)[C@@H](CO)O[C@H]1O. The fourth-order valence-corrected chi connectivity index (χ4v) is 6.93. The smallest absolute Gasteiger partial charge is 0.364 e. The van der Waals surface area contributed by atoms with Gasteiger partial charge in [-0.15, -0.1) is 0 Å². The second kappa shape index (κ2) is 18.5. The van der Waals surface area contributed by atoms with Gasteiger partial charge in [0.1, 0.15) is 79.3 Å². The van der Waals surface area contributed by atoms with E-state index in [1.807, 2.05) is 0 Å². The highest BCUT2D eigenvalue weighted by atomic mass is 16.8. The van der Waals surface area contributed by atoms with Crippen LogP contribution in [-0.4, -0.2) is 221 Å². The summed E-state index contributed by atoms with van der Waals surface area (Å²) >= 11 is 0. The van der Waals surface area contributed by atoms with Crippen LogP contribution in [0.1, 0.15) is 34.1 Å². The van der Waals surface area contributed by atoms with Crippen molar-refractivity contribution in [3.8, 4) is 0 Å². The summed E-state index contributed by atoms with van der Waals surface area (Å²) in [4.78, 5) is 36.9. The molecule has 0 bridgehead atoms. The molecule has 318 valence electrons. The molecule has 4 fully saturated rings. The van der Waals surface area contributed by atoms with Crippen molar-refractivity contribution in [1.29, 1.82) is 0 Å². The molecule has 0 aromatic rings. The van der Waals surface area contributed by atoms with Gasteiger partial charge in [-0.3, -0.25) is 9.59 Å². The standard InChI is InChI=1S/C31H52N2O22/c1-8-17(40)20(43)21(44)28(49-8)53-25-16(33-11(4)37)27(46)51-14(7-35)23(25)52-29-22(45)26(18(41)9(2)50-29)55-31(30(47)48)5-12(38)15(32-10(3)36)24(54-31)19(42)13(39)6-34/h8-9,12-29,34-35,38-46H,5-7H2,1-4H3,(H,32,36)(H,33,37)(H,47,48)/t8-,9+,12-,13+,14+,15+,16+,17+,18-,19+,20+,21-,22+,23+,24+,25+,26-,27+,28-,29+,31-/m0/s1. The van der Waals surface area contributed by atoms with Crippen LogP contribution >= 0.6 is 0 Å². The van der Waals surface area contributed by atoms with Gasteiger partial charge in [0, 0.05) is 20.3 Å². The quantitative estimate of drug-likeness (QED) is 0.0822. The topological polar surface area (TPSA) is 383 Å². The first-order valence-corrected chi connectivity index (χ1v) is 17.4. The van der Waals surface area contributed by atoms with Gasteiger partial charge < -0.3 is 105 Å². The van der Waals surface area contributed by atoms with Gasteiger partial charge in [0.05, 0.1) is 37.6 Å². The van der Waals surface area contributed by atoms with Crippen LogP contribution in [0.2, 0.25) is 0 Å². The van der Waals surface area contributed by atoms with Crippen molar-refractivity contribution in [2.75, 3.05) is 13.2 Å². The lowest BCUT2D eigenvalue weighted by Gasteiger charge is -2.51. The summed E-state index contributed by atoms with van der Waals surface area (Å²) in [7, 11) is 0. The summed E-state index contributed by atoms with van der Waals surface area (Å²) < 4.78 is 39.9. The van der Waals surface area contributed by atoms with Crippen molar-refractivity contribution >= 4 is 17.8 Å². The van der Waals surface area contributed by atoms with E-state index in [0.717, 1.165) is 13.8 Å². The number of hydrogen-bond donors (Lipinski definition) is 14. The van der Waals surface area contributed by atoms with Gasteiger partial charge in [0.2, 0.25) is 11.8 Å². The number of nitrogens with one attached hydrogen (secondary N) is 2. The van der Waals surface area contributed by atoms with E-state index in [4.69, 9.17) is 33.2 Å². The molecule has 4 aliphatic heterocycles. The van der Waals surface area contributed by atoms with E-state index in [-0.39, 0.29) is 0 Å².